The molecule has 1 aliphatic rings. The van der Waals surface area contributed by atoms with Crippen molar-refractivity contribution in [1.29, 1.82) is 0 Å². The van der Waals surface area contributed by atoms with Crippen molar-refractivity contribution in [3.63, 3.8) is 0 Å². The molecule has 5 nitrogen and oxygen atoms in total. The summed E-state index contributed by atoms with van der Waals surface area (Å²) in [5, 5.41) is 19.9. The molecular weight excluding hydrogens is 232 g/mol. The minimum Gasteiger partial charge on any atom is -0.508 e. The predicted molar refractivity (Wildman–Crippen MR) is 66.5 cm³/mol. The summed E-state index contributed by atoms with van der Waals surface area (Å²) in [6.45, 7) is 2.42. The maximum Gasteiger partial charge on any atom is 0.270 e. The number of rotatable bonds is 1. The van der Waals surface area contributed by atoms with Crippen molar-refractivity contribution in [1.82, 2.24) is 9.88 Å². The van der Waals surface area contributed by atoms with Crippen LogP contribution in [-0.4, -0.2) is 44.7 Å². The van der Waals surface area contributed by atoms with E-state index in [1.807, 2.05) is 0 Å². The molecule has 3 N–H and O–H groups in total. The molecule has 94 valence electrons. The fourth-order valence-corrected chi connectivity index (χ4v) is 2.32. The van der Waals surface area contributed by atoms with Crippen molar-refractivity contribution in [3.8, 4) is 5.75 Å². The molecule has 1 fully saturated rings. The van der Waals surface area contributed by atoms with E-state index in [0.29, 0.717) is 18.8 Å². The summed E-state index contributed by atoms with van der Waals surface area (Å²) < 4.78 is 0. The third-order valence-electron chi connectivity index (χ3n) is 3.19. The molecule has 1 saturated heterocycles. The highest BCUT2D eigenvalue weighted by Crippen LogP contribution is 2.25. The molecule has 18 heavy (non-hydrogen) atoms. The first-order valence-corrected chi connectivity index (χ1v) is 5.78. The van der Waals surface area contributed by atoms with Crippen molar-refractivity contribution in [2.45, 2.75) is 12.5 Å². The summed E-state index contributed by atoms with van der Waals surface area (Å²) in [4.78, 5) is 16.7. The van der Waals surface area contributed by atoms with E-state index >= 15 is 0 Å². The molecule has 1 amide bonds. The number of nitrogens with zero attached hydrogens (tertiary/aromatic N) is 1. The zero-order valence-corrected chi connectivity index (χ0v) is 9.97. The number of H-pyrrole nitrogens is 1. The lowest BCUT2D eigenvalue weighted by molar-refractivity contribution is -0.0670. The van der Waals surface area contributed by atoms with E-state index in [1.165, 1.54) is 0 Å². The molecule has 0 spiro atoms. The van der Waals surface area contributed by atoms with E-state index in [4.69, 9.17) is 0 Å². The van der Waals surface area contributed by atoms with Crippen molar-refractivity contribution >= 4 is 16.8 Å². The first-order valence-electron chi connectivity index (χ1n) is 5.78. The Morgan fingerprint density at radius 3 is 2.78 bits per heavy atom. The Morgan fingerprint density at radius 2 is 2.11 bits per heavy atom. The number of aromatic hydroxyl groups is 1. The zero-order valence-electron chi connectivity index (χ0n) is 9.97. The average molecular weight is 246 g/mol. The third-order valence-corrected chi connectivity index (χ3v) is 3.19. The van der Waals surface area contributed by atoms with Gasteiger partial charge in [-0.2, -0.15) is 0 Å². The van der Waals surface area contributed by atoms with E-state index in [-0.39, 0.29) is 11.7 Å². The molecule has 0 saturated carbocycles. The highest BCUT2D eigenvalue weighted by atomic mass is 16.3. The molecule has 5 heteroatoms. The number of phenols is 1. The van der Waals surface area contributed by atoms with Crippen LogP contribution in [0, 0.1) is 0 Å². The van der Waals surface area contributed by atoms with Gasteiger partial charge >= 0.3 is 0 Å². The summed E-state index contributed by atoms with van der Waals surface area (Å²) in [5.74, 6) is 0.0347. The van der Waals surface area contributed by atoms with Crippen molar-refractivity contribution in [2.24, 2.45) is 0 Å². The van der Waals surface area contributed by atoms with Gasteiger partial charge in [0.15, 0.2) is 0 Å². The molecule has 0 bridgehead atoms. The standard InChI is InChI=1S/C13H14N2O3/c1-13(18)6-15(7-13)12(17)11-4-8-2-3-9(16)5-10(8)14-11/h2-5,14,16,18H,6-7H2,1H3. The van der Waals surface area contributed by atoms with Crippen LogP contribution >= 0.6 is 0 Å². The number of amides is 1. The molecule has 0 unspecified atom stereocenters. The highest BCUT2D eigenvalue weighted by Gasteiger charge is 2.40. The van der Waals surface area contributed by atoms with Crippen LogP contribution in [0.3, 0.4) is 0 Å². The Kier molecular flexibility index (Phi) is 2.15. The summed E-state index contributed by atoms with van der Waals surface area (Å²) in [7, 11) is 0. The Bertz CT molecular complexity index is 622. The fraction of sp³-hybridized carbons (Fsp3) is 0.308. The van der Waals surface area contributed by atoms with Crippen molar-refractivity contribution < 1.29 is 15.0 Å². The number of carbonyl (C=O) groups excluding carboxylic acids is 1. The number of aromatic nitrogens is 1. The van der Waals surface area contributed by atoms with Gasteiger partial charge in [-0.3, -0.25) is 4.79 Å². The number of β-amino-alcohol motifs (C(OH)–C–C–N with tert-alkyl or cyclic N) is 1. The monoisotopic (exact) mass is 246 g/mol. The molecule has 1 aromatic carbocycles. The first kappa shape index (κ1) is 11.1. The van der Waals surface area contributed by atoms with Gasteiger partial charge in [0.05, 0.1) is 18.7 Å². The second-order valence-electron chi connectivity index (χ2n) is 5.11. The quantitative estimate of drug-likeness (QED) is 0.704. The minimum absolute atomic E-state index is 0.128. The van der Waals surface area contributed by atoms with Crippen LogP contribution in [0.1, 0.15) is 17.4 Å². The van der Waals surface area contributed by atoms with E-state index in [1.54, 1.807) is 36.1 Å². The number of hydrogen-bond donors (Lipinski definition) is 3. The van der Waals surface area contributed by atoms with Crippen LogP contribution in [0.25, 0.3) is 10.9 Å². The van der Waals surface area contributed by atoms with Crippen LogP contribution in [-0.2, 0) is 0 Å². The maximum absolute atomic E-state index is 12.1. The van der Waals surface area contributed by atoms with Gasteiger partial charge in [0.25, 0.3) is 5.91 Å². The third kappa shape index (κ3) is 1.73. The second kappa shape index (κ2) is 3.49. The van der Waals surface area contributed by atoms with Gasteiger partial charge in [0.1, 0.15) is 11.4 Å². The van der Waals surface area contributed by atoms with Gasteiger partial charge < -0.3 is 20.1 Å². The van der Waals surface area contributed by atoms with Crippen LogP contribution < -0.4 is 0 Å². The number of aliphatic hydroxyl groups is 1. The van der Waals surface area contributed by atoms with E-state index < -0.39 is 5.60 Å². The second-order valence-corrected chi connectivity index (χ2v) is 5.11. The lowest BCUT2D eigenvalue weighted by Gasteiger charge is -2.43. The van der Waals surface area contributed by atoms with Crippen molar-refractivity contribution in [2.75, 3.05) is 13.1 Å². The molecule has 0 atom stereocenters. The number of likely N-dealkylation sites (tertiary alicyclic amines) is 1. The predicted octanol–water partition coefficient (Wildman–Crippen LogP) is 1.08. The topological polar surface area (TPSA) is 76.6 Å². The number of nitrogens with one attached hydrogen (secondary N) is 1. The molecule has 0 aliphatic carbocycles. The van der Waals surface area contributed by atoms with Gasteiger partial charge in [-0.05, 0) is 25.1 Å². The Balaban J connectivity index is 1.88. The lowest BCUT2D eigenvalue weighted by Crippen LogP contribution is -2.61. The number of phenolic OH excluding ortho intramolecular Hbond substituents is 1. The van der Waals surface area contributed by atoms with Gasteiger partial charge in [0, 0.05) is 17.0 Å². The van der Waals surface area contributed by atoms with Gasteiger partial charge in [0.2, 0.25) is 0 Å². The molecule has 1 aliphatic heterocycles. The number of aromatic amines is 1. The molecular formula is C13H14N2O3. The zero-order chi connectivity index (χ0) is 12.9. The molecule has 0 radical (unpaired) electrons. The van der Waals surface area contributed by atoms with E-state index in [0.717, 1.165) is 10.9 Å². The number of benzene rings is 1. The first-order chi connectivity index (χ1) is 8.44. The molecule has 2 heterocycles. The average Bonchev–Trinajstić information content (AvgIpc) is 2.67. The maximum atomic E-state index is 12.1. The van der Waals surface area contributed by atoms with Crippen molar-refractivity contribution in [3.05, 3.63) is 30.0 Å². The van der Waals surface area contributed by atoms with Gasteiger partial charge in [-0.15, -0.1) is 0 Å². The number of hydrogen-bond acceptors (Lipinski definition) is 3. The normalized spacial score (nSPS) is 17.8. The van der Waals surface area contributed by atoms with Gasteiger partial charge in [-0.25, -0.2) is 0 Å². The highest BCUT2D eigenvalue weighted by molar-refractivity contribution is 5.98. The van der Waals surface area contributed by atoms with Crippen LogP contribution in [0.15, 0.2) is 24.3 Å². The molecule has 3 rings (SSSR count). The Labute approximate surface area is 104 Å². The largest absolute Gasteiger partial charge is 0.508 e. The van der Waals surface area contributed by atoms with Crippen LogP contribution in [0.5, 0.6) is 5.75 Å². The summed E-state index contributed by atoms with van der Waals surface area (Å²) in [6.07, 6.45) is 0. The van der Waals surface area contributed by atoms with Crippen LogP contribution in [0.2, 0.25) is 0 Å². The smallest absolute Gasteiger partial charge is 0.270 e. The minimum atomic E-state index is -0.764. The molecule has 2 aromatic rings. The summed E-state index contributed by atoms with van der Waals surface area (Å²) in [5.41, 5.74) is 0.441. The number of fused-ring (bicyclic) bond motifs is 1. The summed E-state index contributed by atoms with van der Waals surface area (Å²) >= 11 is 0. The number of carbonyl (C=O) groups is 1. The Hall–Kier alpha value is -2.01. The fourth-order valence-electron chi connectivity index (χ4n) is 2.32. The van der Waals surface area contributed by atoms with Crippen LogP contribution in [0.4, 0.5) is 0 Å². The van der Waals surface area contributed by atoms with E-state index in [9.17, 15) is 15.0 Å². The lowest BCUT2D eigenvalue weighted by atomic mass is 9.96. The molecule has 1 aromatic heterocycles. The Morgan fingerprint density at radius 1 is 1.39 bits per heavy atom. The SMILES string of the molecule is CC1(O)CN(C(=O)c2cc3ccc(O)cc3[nH]2)C1. The van der Waals surface area contributed by atoms with Gasteiger partial charge in [-0.1, -0.05) is 0 Å². The van der Waals surface area contributed by atoms with E-state index in [2.05, 4.69) is 4.98 Å². The summed E-state index contributed by atoms with van der Waals surface area (Å²) in [6, 6.07) is 6.67.